The number of nitrogens with one attached hydrogen (secondary N) is 2. The highest BCUT2D eigenvalue weighted by Gasteiger charge is 2.11. The number of nitro groups is 1. The maximum atomic E-state index is 11.7. The van der Waals surface area contributed by atoms with Gasteiger partial charge in [-0.3, -0.25) is 19.7 Å². The number of carbonyl (C=O) groups is 2. The zero-order valence-electron chi connectivity index (χ0n) is 13.2. The second kappa shape index (κ2) is 9.39. The number of carbonyl (C=O) groups excluding carboxylic acids is 2. The molecule has 1 aromatic carbocycles. The van der Waals surface area contributed by atoms with Gasteiger partial charge in [-0.2, -0.15) is 0 Å². The van der Waals surface area contributed by atoms with Crippen LogP contribution < -0.4 is 10.6 Å². The van der Waals surface area contributed by atoms with E-state index in [0.29, 0.717) is 19.4 Å². The van der Waals surface area contributed by atoms with Crippen molar-refractivity contribution in [2.45, 2.75) is 32.2 Å². The lowest BCUT2D eigenvalue weighted by Gasteiger charge is -2.12. The first-order chi connectivity index (χ1) is 10.9. The number of nitro benzene ring substituents is 1. The number of rotatable bonds is 9. The smallest absolute Gasteiger partial charge is 0.307 e. The predicted octanol–water partition coefficient (Wildman–Crippen LogP) is 1.85. The first kappa shape index (κ1) is 18.4. The SMILES string of the molecule is COC(=O)CC(C)NC(=O)CCCNc1ccc([N+](=O)[O-])cc1. The molecule has 0 aliphatic heterocycles. The van der Waals surface area contributed by atoms with Crippen LogP contribution in [0.15, 0.2) is 24.3 Å². The van der Waals surface area contributed by atoms with E-state index in [4.69, 9.17) is 0 Å². The van der Waals surface area contributed by atoms with E-state index in [1.165, 1.54) is 19.2 Å². The van der Waals surface area contributed by atoms with Gasteiger partial charge in [-0.15, -0.1) is 0 Å². The molecule has 1 atom stereocenters. The quantitative estimate of drug-likeness (QED) is 0.310. The Bertz CT molecular complexity index is 545. The Balaban J connectivity index is 2.22. The minimum absolute atomic E-state index is 0.0366. The minimum atomic E-state index is -0.455. The minimum Gasteiger partial charge on any atom is -0.469 e. The van der Waals surface area contributed by atoms with E-state index in [9.17, 15) is 19.7 Å². The third-order valence-corrected chi connectivity index (χ3v) is 3.10. The van der Waals surface area contributed by atoms with Gasteiger partial charge in [0, 0.05) is 36.8 Å². The van der Waals surface area contributed by atoms with Crippen LogP contribution >= 0.6 is 0 Å². The van der Waals surface area contributed by atoms with E-state index >= 15 is 0 Å². The second-order valence-corrected chi connectivity index (χ2v) is 5.08. The van der Waals surface area contributed by atoms with Crippen molar-refractivity contribution in [3.8, 4) is 0 Å². The Kier molecular flexibility index (Phi) is 7.52. The van der Waals surface area contributed by atoms with E-state index < -0.39 is 4.92 Å². The van der Waals surface area contributed by atoms with Crippen LogP contribution in [-0.2, 0) is 14.3 Å². The number of ether oxygens (including phenoxy) is 1. The highest BCUT2D eigenvalue weighted by molar-refractivity contribution is 5.77. The fourth-order valence-electron chi connectivity index (χ4n) is 1.91. The lowest BCUT2D eigenvalue weighted by atomic mass is 10.2. The third-order valence-electron chi connectivity index (χ3n) is 3.10. The van der Waals surface area contributed by atoms with Gasteiger partial charge in [-0.25, -0.2) is 0 Å². The van der Waals surface area contributed by atoms with Crippen molar-refractivity contribution in [3.63, 3.8) is 0 Å². The van der Waals surface area contributed by atoms with Crippen LogP contribution in [0.3, 0.4) is 0 Å². The van der Waals surface area contributed by atoms with Crippen molar-refractivity contribution in [1.82, 2.24) is 5.32 Å². The van der Waals surface area contributed by atoms with Gasteiger partial charge in [0.05, 0.1) is 18.5 Å². The van der Waals surface area contributed by atoms with Crippen molar-refractivity contribution in [1.29, 1.82) is 0 Å². The topological polar surface area (TPSA) is 111 Å². The Morgan fingerprint density at radius 1 is 1.30 bits per heavy atom. The van der Waals surface area contributed by atoms with Crippen LogP contribution in [0.2, 0.25) is 0 Å². The lowest BCUT2D eigenvalue weighted by Crippen LogP contribution is -2.34. The highest BCUT2D eigenvalue weighted by atomic mass is 16.6. The number of esters is 1. The summed E-state index contributed by atoms with van der Waals surface area (Å²) in [5, 5.41) is 16.3. The maximum absolute atomic E-state index is 11.7. The van der Waals surface area contributed by atoms with Gasteiger partial charge in [0.15, 0.2) is 0 Å². The zero-order chi connectivity index (χ0) is 17.2. The summed E-state index contributed by atoms with van der Waals surface area (Å²) in [4.78, 5) is 32.8. The summed E-state index contributed by atoms with van der Waals surface area (Å²) in [7, 11) is 1.31. The summed E-state index contributed by atoms with van der Waals surface area (Å²) in [6.07, 6.45) is 1.07. The monoisotopic (exact) mass is 323 g/mol. The zero-order valence-corrected chi connectivity index (χ0v) is 13.2. The van der Waals surface area contributed by atoms with Crippen LogP contribution in [0, 0.1) is 10.1 Å². The number of hydrogen-bond donors (Lipinski definition) is 2. The van der Waals surface area contributed by atoms with Crippen LogP contribution in [-0.4, -0.2) is 36.5 Å². The number of hydrogen-bond acceptors (Lipinski definition) is 6. The molecule has 1 rings (SSSR count). The Hall–Kier alpha value is -2.64. The Morgan fingerprint density at radius 3 is 2.52 bits per heavy atom. The molecule has 0 aliphatic rings. The molecule has 23 heavy (non-hydrogen) atoms. The van der Waals surface area contributed by atoms with E-state index in [1.54, 1.807) is 19.1 Å². The van der Waals surface area contributed by atoms with Crippen LogP contribution in [0.4, 0.5) is 11.4 Å². The van der Waals surface area contributed by atoms with Crippen LogP contribution in [0.25, 0.3) is 0 Å². The van der Waals surface area contributed by atoms with Crippen molar-refractivity contribution < 1.29 is 19.2 Å². The van der Waals surface area contributed by atoms with Gasteiger partial charge in [-0.1, -0.05) is 0 Å². The molecule has 0 spiro atoms. The van der Waals surface area contributed by atoms with E-state index in [0.717, 1.165) is 5.69 Å². The highest BCUT2D eigenvalue weighted by Crippen LogP contribution is 2.15. The Labute approximate surface area is 134 Å². The van der Waals surface area contributed by atoms with Gasteiger partial charge < -0.3 is 15.4 Å². The molecule has 1 amide bonds. The van der Waals surface area contributed by atoms with Gasteiger partial charge in [0.2, 0.25) is 5.91 Å². The van der Waals surface area contributed by atoms with Gasteiger partial charge in [0.25, 0.3) is 5.69 Å². The molecular formula is C15H21N3O5. The molecule has 0 saturated heterocycles. The average molecular weight is 323 g/mol. The van der Waals surface area contributed by atoms with E-state index in [-0.39, 0.29) is 30.0 Å². The molecule has 126 valence electrons. The number of anilines is 1. The molecule has 0 aromatic heterocycles. The first-order valence-electron chi connectivity index (χ1n) is 7.27. The normalized spacial score (nSPS) is 11.4. The molecule has 0 fully saturated rings. The van der Waals surface area contributed by atoms with Crippen LogP contribution in [0.1, 0.15) is 26.2 Å². The molecule has 8 nitrogen and oxygen atoms in total. The summed E-state index contributed by atoms with van der Waals surface area (Å²) in [5.74, 6) is -0.496. The number of benzene rings is 1. The molecule has 8 heteroatoms. The molecule has 0 saturated carbocycles. The average Bonchev–Trinajstić information content (AvgIpc) is 2.51. The summed E-state index contributed by atoms with van der Waals surface area (Å²) >= 11 is 0. The van der Waals surface area contributed by atoms with E-state index in [2.05, 4.69) is 15.4 Å². The van der Waals surface area contributed by atoms with Crippen molar-refractivity contribution in [2.75, 3.05) is 19.0 Å². The standard InChI is InChI=1S/C15H21N3O5/c1-11(10-15(20)23-2)17-14(19)4-3-9-16-12-5-7-13(8-6-12)18(21)22/h5-8,11,16H,3-4,9-10H2,1-2H3,(H,17,19). The number of methoxy groups -OCH3 is 1. The van der Waals surface area contributed by atoms with Gasteiger partial charge in [0.1, 0.15) is 0 Å². The molecular weight excluding hydrogens is 302 g/mol. The fourth-order valence-corrected chi connectivity index (χ4v) is 1.91. The summed E-state index contributed by atoms with van der Waals surface area (Å²) in [6, 6.07) is 5.82. The summed E-state index contributed by atoms with van der Waals surface area (Å²) in [5.41, 5.74) is 0.796. The third kappa shape index (κ3) is 7.25. The van der Waals surface area contributed by atoms with Gasteiger partial charge in [-0.05, 0) is 25.5 Å². The lowest BCUT2D eigenvalue weighted by molar-refractivity contribution is -0.384. The molecule has 0 aliphatic carbocycles. The van der Waals surface area contributed by atoms with Gasteiger partial charge >= 0.3 is 5.97 Å². The fraction of sp³-hybridized carbons (Fsp3) is 0.467. The number of nitrogens with zero attached hydrogens (tertiary/aromatic N) is 1. The summed E-state index contributed by atoms with van der Waals surface area (Å²) < 4.78 is 4.53. The van der Waals surface area contributed by atoms with Crippen molar-refractivity contribution in [2.24, 2.45) is 0 Å². The molecule has 1 unspecified atom stereocenters. The molecule has 0 heterocycles. The summed E-state index contributed by atoms with van der Waals surface area (Å²) in [6.45, 7) is 2.31. The number of amides is 1. The first-order valence-corrected chi connectivity index (χ1v) is 7.27. The molecule has 2 N–H and O–H groups in total. The van der Waals surface area contributed by atoms with Crippen molar-refractivity contribution >= 4 is 23.3 Å². The van der Waals surface area contributed by atoms with Crippen molar-refractivity contribution in [3.05, 3.63) is 34.4 Å². The largest absolute Gasteiger partial charge is 0.469 e. The molecule has 0 radical (unpaired) electrons. The van der Waals surface area contributed by atoms with Crippen LogP contribution in [0.5, 0.6) is 0 Å². The van der Waals surface area contributed by atoms with E-state index in [1.807, 2.05) is 0 Å². The number of non-ortho nitro benzene ring substituents is 1. The molecule has 0 bridgehead atoms. The Morgan fingerprint density at radius 2 is 1.96 bits per heavy atom. The molecule has 1 aromatic rings. The second-order valence-electron chi connectivity index (χ2n) is 5.08. The maximum Gasteiger partial charge on any atom is 0.307 e. The predicted molar refractivity (Wildman–Crippen MR) is 85.1 cm³/mol.